The lowest BCUT2D eigenvalue weighted by Crippen LogP contribution is -2.45. The fourth-order valence-corrected chi connectivity index (χ4v) is 9.51. The van der Waals surface area contributed by atoms with Crippen molar-refractivity contribution in [3.63, 3.8) is 0 Å². The van der Waals surface area contributed by atoms with E-state index in [4.69, 9.17) is 4.74 Å². The van der Waals surface area contributed by atoms with Gasteiger partial charge in [-0.25, -0.2) is 0 Å². The molecule has 0 bridgehead atoms. The largest absolute Gasteiger partial charge is 0.466 e. The minimum Gasteiger partial charge on any atom is -0.466 e. The van der Waals surface area contributed by atoms with E-state index in [0.717, 1.165) is 44.9 Å². The van der Waals surface area contributed by atoms with Crippen LogP contribution in [0.25, 0.3) is 0 Å². The third kappa shape index (κ3) is 53.7. The maximum atomic E-state index is 12.5. The Labute approximate surface area is 424 Å². The molecule has 6 heteroatoms. The Morgan fingerprint density at radius 1 is 0.397 bits per heavy atom. The molecule has 2 unspecified atom stereocenters. The highest BCUT2D eigenvalue weighted by atomic mass is 16.5. The van der Waals surface area contributed by atoms with E-state index in [0.29, 0.717) is 25.9 Å². The first-order valence-corrected chi connectivity index (χ1v) is 30.6. The minimum absolute atomic E-state index is 0.00569. The summed E-state index contributed by atoms with van der Waals surface area (Å²) in [6.07, 6.45) is 70.3. The number of aliphatic hydroxyl groups excluding tert-OH is 2. The smallest absolute Gasteiger partial charge is 0.305 e. The number of amides is 1. The second kappa shape index (κ2) is 57.9. The summed E-state index contributed by atoms with van der Waals surface area (Å²) in [5.74, 6) is -0.0476. The predicted octanol–water partition coefficient (Wildman–Crippen LogP) is 19.0. The number of aliphatic hydroxyl groups is 2. The normalized spacial score (nSPS) is 12.7. The van der Waals surface area contributed by atoms with Crippen molar-refractivity contribution in [3.8, 4) is 0 Å². The summed E-state index contributed by atoms with van der Waals surface area (Å²) in [7, 11) is 0. The Morgan fingerprint density at radius 2 is 0.691 bits per heavy atom. The van der Waals surface area contributed by atoms with Crippen LogP contribution in [0, 0.1) is 0 Å². The van der Waals surface area contributed by atoms with Crippen LogP contribution in [0.5, 0.6) is 0 Å². The first kappa shape index (κ1) is 66.3. The van der Waals surface area contributed by atoms with Crippen LogP contribution in [0.3, 0.4) is 0 Å². The van der Waals surface area contributed by atoms with Gasteiger partial charge in [0.15, 0.2) is 0 Å². The van der Waals surface area contributed by atoms with Crippen LogP contribution >= 0.6 is 0 Å². The van der Waals surface area contributed by atoms with Gasteiger partial charge < -0.3 is 20.3 Å². The van der Waals surface area contributed by atoms with Crippen LogP contribution < -0.4 is 5.32 Å². The standard InChI is InChI=1S/C62H119NO5/c1-3-5-7-9-11-13-15-17-18-19-20-22-25-28-31-34-38-42-46-50-54-60(65)59(58-64)63-61(66)55-51-47-43-39-35-32-29-26-23-21-24-27-30-33-37-41-45-49-53-57-68-62(67)56-52-48-44-40-36-16-14-12-10-8-6-4-2/h12,14,21,23,59-60,64-65H,3-11,13,15-20,22,24-58H2,1-2H3,(H,63,66)/b14-12-,23-21-. The van der Waals surface area contributed by atoms with Crippen molar-refractivity contribution in [2.45, 2.75) is 347 Å². The molecule has 0 aromatic rings. The zero-order chi connectivity index (χ0) is 49.3. The van der Waals surface area contributed by atoms with E-state index in [1.54, 1.807) is 0 Å². The highest BCUT2D eigenvalue weighted by Gasteiger charge is 2.20. The number of hydrogen-bond donors (Lipinski definition) is 3. The molecule has 0 aliphatic heterocycles. The topological polar surface area (TPSA) is 95.9 Å². The van der Waals surface area contributed by atoms with Crippen molar-refractivity contribution in [1.29, 1.82) is 0 Å². The molecule has 0 fully saturated rings. The molecule has 402 valence electrons. The summed E-state index contributed by atoms with van der Waals surface area (Å²) in [4.78, 5) is 24.5. The lowest BCUT2D eigenvalue weighted by Gasteiger charge is -2.22. The summed E-state index contributed by atoms with van der Waals surface area (Å²) in [6, 6.07) is -0.549. The third-order valence-electron chi connectivity index (χ3n) is 14.2. The molecule has 0 aliphatic carbocycles. The van der Waals surface area contributed by atoms with Gasteiger partial charge in [0, 0.05) is 12.8 Å². The molecule has 68 heavy (non-hydrogen) atoms. The molecule has 6 nitrogen and oxygen atoms in total. The number of esters is 1. The summed E-state index contributed by atoms with van der Waals surface area (Å²) < 4.78 is 5.46. The Morgan fingerprint density at radius 3 is 1.07 bits per heavy atom. The Hall–Kier alpha value is -1.66. The third-order valence-corrected chi connectivity index (χ3v) is 14.2. The molecule has 0 aliphatic rings. The highest BCUT2D eigenvalue weighted by Crippen LogP contribution is 2.17. The van der Waals surface area contributed by atoms with Crippen LogP contribution in [-0.4, -0.2) is 47.4 Å². The van der Waals surface area contributed by atoms with Crippen LogP contribution in [0.1, 0.15) is 335 Å². The fourth-order valence-electron chi connectivity index (χ4n) is 9.51. The maximum Gasteiger partial charge on any atom is 0.305 e. The molecule has 0 aromatic heterocycles. The van der Waals surface area contributed by atoms with Crippen molar-refractivity contribution in [1.82, 2.24) is 5.32 Å². The number of ether oxygens (including phenoxy) is 1. The van der Waals surface area contributed by atoms with E-state index < -0.39 is 12.1 Å². The minimum atomic E-state index is -0.671. The molecule has 1 amide bonds. The molecule has 3 N–H and O–H groups in total. The van der Waals surface area contributed by atoms with Crippen molar-refractivity contribution in [3.05, 3.63) is 24.3 Å². The lowest BCUT2D eigenvalue weighted by atomic mass is 10.0. The highest BCUT2D eigenvalue weighted by molar-refractivity contribution is 5.76. The van der Waals surface area contributed by atoms with Crippen molar-refractivity contribution >= 4 is 11.9 Å². The van der Waals surface area contributed by atoms with E-state index in [1.807, 2.05) is 0 Å². The van der Waals surface area contributed by atoms with Crippen LogP contribution in [0.15, 0.2) is 24.3 Å². The number of rotatable bonds is 57. The molecule has 0 aromatic carbocycles. The molecule has 0 radical (unpaired) electrons. The van der Waals surface area contributed by atoms with Crippen LogP contribution in [-0.2, 0) is 14.3 Å². The fraction of sp³-hybridized carbons (Fsp3) is 0.903. The average Bonchev–Trinajstić information content (AvgIpc) is 3.34. The number of carbonyl (C=O) groups excluding carboxylic acids is 2. The second-order valence-electron chi connectivity index (χ2n) is 21.0. The summed E-state index contributed by atoms with van der Waals surface area (Å²) in [5.41, 5.74) is 0. The van der Waals surface area contributed by atoms with Gasteiger partial charge in [-0.3, -0.25) is 9.59 Å². The van der Waals surface area contributed by atoms with Gasteiger partial charge in [-0.15, -0.1) is 0 Å². The summed E-state index contributed by atoms with van der Waals surface area (Å²) >= 11 is 0. The maximum absolute atomic E-state index is 12.5. The van der Waals surface area contributed by atoms with E-state index in [9.17, 15) is 19.8 Å². The van der Waals surface area contributed by atoms with Gasteiger partial charge in [0.05, 0.1) is 25.4 Å². The number of allylic oxidation sites excluding steroid dienone is 4. The second-order valence-corrected chi connectivity index (χ2v) is 21.0. The Balaban J connectivity index is 3.45. The molecule has 0 saturated heterocycles. The van der Waals surface area contributed by atoms with Gasteiger partial charge >= 0.3 is 5.97 Å². The van der Waals surface area contributed by atoms with Crippen molar-refractivity contribution in [2.24, 2.45) is 0 Å². The monoisotopic (exact) mass is 958 g/mol. The number of hydrogen-bond acceptors (Lipinski definition) is 5. The molecule has 0 heterocycles. The molecular formula is C62H119NO5. The van der Waals surface area contributed by atoms with Crippen LogP contribution in [0.4, 0.5) is 0 Å². The quantitative estimate of drug-likeness (QED) is 0.0321. The van der Waals surface area contributed by atoms with Gasteiger partial charge in [-0.2, -0.15) is 0 Å². The number of unbranched alkanes of at least 4 members (excludes halogenated alkanes) is 42. The van der Waals surface area contributed by atoms with Crippen molar-refractivity contribution < 1.29 is 24.5 Å². The van der Waals surface area contributed by atoms with E-state index in [2.05, 4.69) is 43.5 Å². The van der Waals surface area contributed by atoms with Gasteiger partial charge in [-0.05, 0) is 77.0 Å². The van der Waals surface area contributed by atoms with Gasteiger partial charge in [0.25, 0.3) is 0 Å². The Bertz CT molecular complexity index is 1060. The number of nitrogens with one attached hydrogen (secondary N) is 1. The first-order chi connectivity index (χ1) is 33.5. The zero-order valence-corrected chi connectivity index (χ0v) is 45.9. The average molecular weight is 959 g/mol. The summed E-state index contributed by atoms with van der Waals surface area (Å²) in [6.45, 7) is 4.93. The van der Waals surface area contributed by atoms with Gasteiger partial charge in [0.1, 0.15) is 0 Å². The molecule has 0 spiro atoms. The lowest BCUT2D eigenvalue weighted by molar-refractivity contribution is -0.143. The molecule has 2 atom stereocenters. The summed E-state index contributed by atoms with van der Waals surface area (Å²) in [5, 5.41) is 23.3. The molecule has 0 rings (SSSR count). The zero-order valence-electron chi connectivity index (χ0n) is 45.9. The van der Waals surface area contributed by atoms with Gasteiger partial charge in [-0.1, -0.05) is 269 Å². The van der Waals surface area contributed by atoms with E-state index >= 15 is 0 Å². The van der Waals surface area contributed by atoms with E-state index in [1.165, 1.54) is 257 Å². The molecular weight excluding hydrogens is 839 g/mol. The predicted molar refractivity (Wildman–Crippen MR) is 296 cm³/mol. The molecule has 0 saturated carbocycles. The Kier molecular flexibility index (Phi) is 56.5. The van der Waals surface area contributed by atoms with Crippen molar-refractivity contribution in [2.75, 3.05) is 13.2 Å². The first-order valence-electron chi connectivity index (χ1n) is 30.6. The number of carbonyl (C=O) groups is 2. The SMILES string of the molecule is CCCCC/C=C\CCCCCCCC(=O)OCCCCCCCCCC/C=C\CCCCCCCCCC(=O)NC(CO)C(O)CCCCCCCCCCCCCCCCCCCCCC. The van der Waals surface area contributed by atoms with Gasteiger partial charge in [0.2, 0.25) is 5.91 Å². The van der Waals surface area contributed by atoms with E-state index in [-0.39, 0.29) is 18.5 Å². The van der Waals surface area contributed by atoms with Crippen LogP contribution in [0.2, 0.25) is 0 Å².